The first kappa shape index (κ1) is 22.2. The Morgan fingerprint density at radius 3 is 2.57 bits per heavy atom. The molecule has 0 aliphatic carbocycles. The van der Waals surface area contributed by atoms with Crippen molar-refractivity contribution in [3.8, 4) is 11.5 Å². The number of piperidine rings is 1. The summed E-state index contributed by atoms with van der Waals surface area (Å²) in [4.78, 5) is 12.1. The molecule has 2 aromatic carbocycles. The summed E-state index contributed by atoms with van der Waals surface area (Å²) < 4.78 is 11.2. The Labute approximate surface area is 179 Å². The Hall–Kier alpha value is -2.53. The maximum atomic E-state index is 12.1. The van der Waals surface area contributed by atoms with Gasteiger partial charge in [0.1, 0.15) is 17.6 Å². The molecule has 1 heterocycles. The van der Waals surface area contributed by atoms with Crippen molar-refractivity contribution in [3.63, 3.8) is 0 Å². The van der Waals surface area contributed by atoms with E-state index in [9.17, 15) is 9.90 Å². The molecule has 1 atom stereocenters. The molecule has 1 saturated heterocycles. The number of aromatic hydroxyl groups is 1. The fraction of sp³-hybridized carbons (Fsp3) is 0.480. The Morgan fingerprint density at radius 1 is 1.20 bits per heavy atom. The van der Waals surface area contributed by atoms with Crippen molar-refractivity contribution < 1.29 is 19.4 Å². The van der Waals surface area contributed by atoms with Gasteiger partial charge in [0.15, 0.2) is 6.61 Å². The van der Waals surface area contributed by atoms with Crippen LogP contribution >= 0.6 is 0 Å². The van der Waals surface area contributed by atoms with Gasteiger partial charge in [-0.25, -0.2) is 4.79 Å². The summed E-state index contributed by atoms with van der Waals surface area (Å²) in [6.45, 7) is 9.90. The smallest absolute Gasteiger partial charge is 0.344 e. The average molecular weight is 412 g/mol. The molecule has 0 bridgehead atoms. The van der Waals surface area contributed by atoms with Crippen LogP contribution in [0, 0.1) is 13.8 Å². The number of hydrogen-bond acceptors (Lipinski definition) is 5. The number of aryl methyl sites for hydroxylation is 2. The van der Waals surface area contributed by atoms with Crippen LogP contribution in [0.2, 0.25) is 0 Å². The van der Waals surface area contributed by atoms with Gasteiger partial charge in [0.05, 0.1) is 0 Å². The molecule has 0 aromatic heterocycles. The van der Waals surface area contributed by atoms with Crippen LogP contribution in [0.15, 0.2) is 30.3 Å². The molecule has 0 radical (unpaired) electrons. The highest BCUT2D eigenvalue weighted by Crippen LogP contribution is 2.29. The molecule has 5 heteroatoms. The fourth-order valence-corrected chi connectivity index (χ4v) is 3.98. The van der Waals surface area contributed by atoms with E-state index in [4.69, 9.17) is 9.47 Å². The SMILES string of the molecule is Cc1cc(OCC(=O)OC2CCCNC2)cc(C)c1Cc1ccc(O)c(C(C)C)c1. The molecule has 0 amide bonds. The molecular formula is C25H33NO4. The lowest BCUT2D eigenvalue weighted by atomic mass is 9.93. The lowest BCUT2D eigenvalue weighted by Gasteiger charge is -2.22. The van der Waals surface area contributed by atoms with Gasteiger partial charge in [-0.1, -0.05) is 26.0 Å². The van der Waals surface area contributed by atoms with Gasteiger partial charge in [-0.2, -0.15) is 0 Å². The summed E-state index contributed by atoms with van der Waals surface area (Å²) in [5, 5.41) is 13.3. The highest BCUT2D eigenvalue weighted by atomic mass is 16.6. The summed E-state index contributed by atoms with van der Waals surface area (Å²) in [5.41, 5.74) is 5.61. The molecule has 5 nitrogen and oxygen atoms in total. The van der Waals surface area contributed by atoms with E-state index in [0.717, 1.165) is 42.5 Å². The molecule has 30 heavy (non-hydrogen) atoms. The molecule has 2 aromatic rings. The summed E-state index contributed by atoms with van der Waals surface area (Å²) in [7, 11) is 0. The summed E-state index contributed by atoms with van der Waals surface area (Å²) in [6, 6.07) is 9.78. The zero-order valence-corrected chi connectivity index (χ0v) is 18.5. The maximum Gasteiger partial charge on any atom is 0.344 e. The van der Waals surface area contributed by atoms with Crippen LogP contribution in [0.25, 0.3) is 0 Å². The highest BCUT2D eigenvalue weighted by Gasteiger charge is 2.18. The molecule has 1 fully saturated rings. The van der Waals surface area contributed by atoms with Gasteiger partial charge in [-0.05, 0) is 91.6 Å². The number of carbonyl (C=O) groups is 1. The molecule has 1 aliphatic heterocycles. The van der Waals surface area contributed by atoms with Gasteiger partial charge >= 0.3 is 5.97 Å². The third-order valence-corrected chi connectivity index (χ3v) is 5.67. The van der Waals surface area contributed by atoms with Crippen LogP contribution in [-0.4, -0.2) is 36.9 Å². The van der Waals surface area contributed by atoms with E-state index in [1.165, 1.54) is 11.1 Å². The number of phenols is 1. The molecule has 0 saturated carbocycles. The number of nitrogens with one attached hydrogen (secondary N) is 1. The van der Waals surface area contributed by atoms with Gasteiger partial charge in [0, 0.05) is 6.54 Å². The normalized spacial score (nSPS) is 16.5. The van der Waals surface area contributed by atoms with E-state index in [1.54, 1.807) is 6.07 Å². The van der Waals surface area contributed by atoms with Crippen molar-refractivity contribution in [3.05, 3.63) is 58.1 Å². The van der Waals surface area contributed by atoms with Gasteiger partial charge in [0.2, 0.25) is 0 Å². The van der Waals surface area contributed by atoms with Crippen molar-refractivity contribution in [2.24, 2.45) is 0 Å². The zero-order chi connectivity index (χ0) is 21.7. The Kier molecular flexibility index (Phi) is 7.38. The van der Waals surface area contributed by atoms with Crippen LogP contribution in [0.4, 0.5) is 0 Å². The highest BCUT2D eigenvalue weighted by molar-refractivity contribution is 5.71. The third kappa shape index (κ3) is 5.76. The van der Waals surface area contributed by atoms with E-state index in [0.29, 0.717) is 18.0 Å². The second-order valence-corrected chi connectivity index (χ2v) is 8.51. The molecule has 2 N–H and O–H groups in total. The van der Waals surface area contributed by atoms with Crippen molar-refractivity contribution >= 4 is 5.97 Å². The van der Waals surface area contributed by atoms with Crippen LogP contribution in [0.1, 0.15) is 60.4 Å². The Bertz CT molecular complexity index is 862. The van der Waals surface area contributed by atoms with Crippen LogP contribution in [0.5, 0.6) is 11.5 Å². The number of esters is 1. The number of carbonyl (C=O) groups excluding carboxylic acids is 1. The lowest BCUT2D eigenvalue weighted by Crippen LogP contribution is -2.37. The number of phenolic OH excluding ortho intramolecular Hbond substituents is 1. The minimum Gasteiger partial charge on any atom is -0.508 e. The van der Waals surface area contributed by atoms with Crippen LogP contribution in [-0.2, 0) is 16.0 Å². The first-order valence-corrected chi connectivity index (χ1v) is 10.8. The van der Waals surface area contributed by atoms with E-state index in [1.807, 2.05) is 18.2 Å². The van der Waals surface area contributed by atoms with Gasteiger partial charge < -0.3 is 19.9 Å². The quantitative estimate of drug-likeness (QED) is 0.661. The first-order valence-electron chi connectivity index (χ1n) is 10.8. The lowest BCUT2D eigenvalue weighted by molar-refractivity contribution is -0.152. The van der Waals surface area contributed by atoms with E-state index in [2.05, 4.69) is 39.1 Å². The van der Waals surface area contributed by atoms with E-state index >= 15 is 0 Å². The minimum absolute atomic E-state index is 0.0539. The number of rotatable bonds is 7. The zero-order valence-electron chi connectivity index (χ0n) is 18.5. The second-order valence-electron chi connectivity index (χ2n) is 8.51. The topological polar surface area (TPSA) is 67.8 Å². The molecule has 3 rings (SSSR count). The van der Waals surface area contributed by atoms with Crippen LogP contribution in [0.3, 0.4) is 0 Å². The summed E-state index contributed by atoms with van der Waals surface area (Å²) >= 11 is 0. The molecule has 1 unspecified atom stereocenters. The predicted molar refractivity (Wildman–Crippen MR) is 118 cm³/mol. The monoisotopic (exact) mass is 411 g/mol. The largest absolute Gasteiger partial charge is 0.508 e. The van der Waals surface area contributed by atoms with Gasteiger partial charge in [-0.15, -0.1) is 0 Å². The predicted octanol–water partition coefficient (Wildman–Crippen LogP) is 4.40. The Balaban J connectivity index is 1.63. The molecule has 0 spiro atoms. The summed E-state index contributed by atoms with van der Waals surface area (Å²) in [6.07, 6.45) is 2.66. The number of benzene rings is 2. The fourth-order valence-electron chi connectivity index (χ4n) is 3.98. The Morgan fingerprint density at radius 2 is 1.93 bits per heavy atom. The number of hydrogen-bond donors (Lipinski definition) is 2. The molecule has 162 valence electrons. The maximum absolute atomic E-state index is 12.1. The van der Waals surface area contributed by atoms with E-state index in [-0.39, 0.29) is 24.6 Å². The van der Waals surface area contributed by atoms with Crippen molar-refractivity contribution in [1.29, 1.82) is 0 Å². The van der Waals surface area contributed by atoms with E-state index < -0.39 is 0 Å². The molecule has 1 aliphatic rings. The second kappa shape index (κ2) is 9.98. The molecular weight excluding hydrogens is 378 g/mol. The van der Waals surface area contributed by atoms with Crippen molar-refractivity contribution in [2.75, 3.05) is 19.7 Å². The standard InChI is InChI=1S/C25H33NO4/c1-16(2)22-12-19(7-8-24(22)27)13-23-17(3)10-21(11-18(23)4)29-15-25(28)30-20-6-5-9-26-14-20/h7-8,10-12,16,20,26-27H,5-6,9,13-15H2,1-4H3. The van der Waals surface area contributed by atoms with Crippen LogP contribution < -0.4 is 10.1 Å². The van der Waals surface area contributed by atoms with Crippen molar-refractivity contribution in [1.82, 2.24) is 5.32 Å². The summed E-state index contributed by atoms with van der Waals surface area (Å²) in [5.74, 6) is 0.975. The van der Waals surface area contributed by atoms with Gasteiger partial charge in [0.25, 0.3) is 0 Å². The minimum atomic E-state index is -0.326. The third-order valence-electron chi connectivity index (χ3n) is 5.67. The first-order chi connectivity index (χ1) is 14.3. The van der Waals surface area contributed by atoms with Crippen molar-refractivity contribution in [2.45, 2.75) is 59.0 Å². The van der Waals surface area contributed by atoms with Gasteiger partial charge in [-0.3, -0.25) is 0 Å². The number of ether oxygens (including phenoxy) is 2. The average Bonchev–Trinajstić information content (AvgIpc) is 2.71.